The van der Waals surface area contributed by atoms with Gasteiger partial charge in [0, 0.05) is 18.4 Å². The molecular formula is C16H21NO6. The van der Waals surface area contributed by atoms with Gasteiger partial charge in [-0.25, -0.2) is 4.79 Å². The molecule has 0 aromatic heterocycles. The fourth-order valence-electron chi connectivity index (χ4n) is 1.86. The van der Waals surface area contributed by atoms with Crippen LogP contribution in [0.4, 0.5) is 0 Å². The molecule has 0 heterocycles. The number of Topliss-reactive ketones (excluding diaryl/α,β-unsaturated/α-hetero) is 1. The number of ether oxygens (including phenoxy) is 2. The lowest BCUT2D eigenvalue weighted by molar-refractivity contribution is -0.146. The summed E-state index contributed by atoms with van der Waals surface area (Å²) in [5, 5.41) is 11.3. The number of benzene rings is 1. The molecule has 7 heteroatoms. The Hall–Kier alpha value is -2.41. The smallest absolute Gasteiger partial charge is 0.330 e. The van der Waals surface area contributed by atoms with E-state index in [9.17, 15) is 14.4 Å². The van der Waals surface area contributed by atoms with Crippen LogP contribution in [0.5, 0.6) is 5.75 Å². The van der Waals surface area contributed by atoms with Crippen molar-refractivity contribution in [3.05, 3.63) is 29.8 Å². The monoisotopic (exact) mass is 323 g/mol. The van der Waals surface area contributed by atoms with Gasteiger partial charge >= 0.3 is 5.97 Å². The Bertz CT molecular complexity index is 540. The van der Waals surface area contributed by atoms with Gasteiger partial charge in [-0.2, -0.15) is 0 Å². The van der Waals surface area contributed by atoms with Crippen molar-refractivity contribution in [1.29, 1.82) is 0 Å². The molecule has 7 nitrogen and oxygen atoms in total. The van der Waals surface area contributed by atoms with Crippen LogP contribution in [0.15, 0.2) is 24.3 Å². The molecule has 0 bridgehead atoms. The van der Waals surface area contributed by atoms with Crippen LogP contribution in [0.3, 0.4) is 0 Å². The minimum atomic E-state index is -1.12. The number of ketones is 1. The van der Waals surface area contributed by atoms with E-state index in [1.807, 2.05) is 6.92 Å². The number of methoxy groups -OCH3 is 1. The van der Waals surface area contributed by atoms with Gasteiger partial charge < -0.3 is 19.9 Å². The van der Waals surface area contributed by atoms with Crippen LogP contribution in [0, 0.1) is 0 Å². The van der Waals surface area contributed by atoms with E-state index in [0.29, 0.717) is 17.9 Å². The van der Waals surface area contributed by atoms with Crippen LogP contribution in [0.25, 0.3) is 0 Å². The van der Waals surface area contributed by atoms with Gasteiger partial charge in [0.2, 0.25) is 5.91 Å². The van der Waals surface area contributed by atoms with E-state index >= 15 is 0 Å². The number of hydrogen-bond acceptors (Lipinski definition) is 6. The molecule has 0 fully saturated rings. The molecule has 0 radical (unpaired) electrons. The summed E-state index contributed by atoms with van der Waals surface area (Å²) in [4.78, 5) is 35.0. The lowest BCUT2D eigenvalue weighted by atomic mass is 10.1. The number of amides is 1. The third-order valence-corrected chi connectivity index (χ3v) is 3.07. The predicted octanol–water partition coefficient (Wildman–Crippen LogP) is 0.698. The molecular weight excluding hydrogens is 302 g/mol. The average molecular weight is 323 g/mol. The number of hydrogen-bond donors (Lipinski definition) is 2. The van der Waals surface area contributed by atoms with Crippen molar-refractivity contribution in [2.75, 3.05) is 20.3 Å². The Morgan fingerprint density at radius 2 is 1.83 bits per heavy atom. The third kappa shape index (κ3) is 6.07. The van der Waals surface area contributed by atoms with E-state index in [-0.39, 0.29) is 18.6 Å². The van der Waals surface area contributed by atoms with Crippen molar-refractivity contribution in [3.8, 4) is 5.75 Å². The normalized spacial score (nSPS) is 11.4. The first kappa shape index (κ1) is 18.6. The quantitative estimate of drug-likeness (QED) is 0.512. The van der Waals surface area contributed by atoms with E-state index in [4.69, 9.17) is 9.84 Å². The number of esters is 1. The van der Waals surface area contributed by atoms with Gasteiger partial charge in [-0.1, -0.05) is 0 Å². The number of carbonyl (C=O) groups is 3. The van der Waals surface area contributed by atoms with Crippen molar-refractivity contribution in [2.45, 2.75) is 25.8 Å². The van der Waals surface area contributed by atoms with Crippen molar-refractivity contribution in [3.63, 3.8) is 0 Å². The van der Waals surface area contributed by atoms with Gasteiger partial charge in [-0.15, -0.1) is 0 Å². The second-order valence-electron chi connectivity index (χ2n) is 4.71. The summed E-state index contributed by atoms with van der Waals surface area (Å²) < 4.78 is 9.72. The maximum atomic E-state index is 12.0. The van der Waals surface area contributed by atoms with Crippen LogP contribution >= 0.6 is 0 Å². The van der Waals surface area contributed by atoms with Crippen LogP contribution in [0.1, 0.15) is 30.1 Å². The fourth-order valence-corrected chi connectivity index (χ4v) is 1.86. The SMILES string of the molecule is CCOc1ccc(C(=O)CCC(=O)N[C@@H](CO)C(=O)OC)cc1. The fraction of sp³-hybridized carbons (Fsp3) is 0.438. The summed E-state index contributed by atoms with van der Waals surface area (Å²) in [5.41, 5.74) is 0.480. The Morgan fingerprint density at radius 3 is 2.35 bits per heavy atom. The highest BCUT2D eigenvalue weighted by molar-refractivity contribution is 5.98. The van der Waals surface area contributed by atoms with Gasteiger partial charge in [0.1, 0.15) is 5.75 Å². The van der Waals surface area contributed by atoms with E-state index < -0.39 is 24.5 Å². The predicted molar refractivity (Wildman–Crippen MR) is 82.2 cm³/mol. The number of aliphatic hydroxyl groups is 1. The minimum absolute atomic E-state index is 0.000857. The van der Waals surface area contributed by atoms with Gasteiger partial charge in [-0.05, 0) is 31.2 Å². The van der Waals surface area contributed by atoms with Gasteiger partial charge in [0.15, 0.2) is 11.8 Å². The Labute approximate surface area is 134 Å². The first-order chi connectivity index (χ1) is 11.0. The Balaban J connectivity index is 2.48. The zero-order valence-corrected chi connectivity index (χ0v) is 13.2. The van der Waals surface area contributed by atoms with E-state index in [1.54, 1.807) is 24.3 Å². The number of rotatable bonds is 9. The van der Waals surface area contributed by atoms with E-state index in [2.05, 4.69) is 10.1 Å². The molecule has 2 N–H and O–H groups in total. The number of carbonyl (C=O) groups excluding carboxylic acids is 3. The van der Waals surface area contributed by atoms with Gasteiger partial charge in [0.25, 0.3) is 0 Å². The van der Waals surface area contributed by atoms with E-state index in [1.165, 1.54) is 0 Å². The van der Waals surface area contributed by atoms with Crippen LogP contribution in [-0.2, 0) is 14.3 Å². The van der Waals surface area contributed by atoms with Crippen LogP contribution < -0.4 is 10.1 Å². The first-order valence-corrected chi connectivity index (χ1v) is 7.25. The molecule has 0 aliphatic heterocycles. The molecule has 1 amide bonds. The summed E-state index contributed by atoms with van der Waals surface area (Å²) in [6.45, 7) is 1.84. The Morgan fingerprint density at radius 1 is 1.17 bits per heavy atom. The highest BCUT2D eigenvalue weighted by Gasteiger charge is 2.20. The summed E-state index contributed by atoms with van der Waals surface area (Å²) in [6, 6.07) is 5.53. The lowest BCUT2D eigenvalue weighted by Crippen LogP contribution is -2.44. The van der Waals surface area contributed by atoms with Crippen LogP contribution in [0.2, 0.25) is 0 Å². The van der Waals surface area contributed by atoms with Gasteiger partial charge in [-0.3, -0.25) is 9.59 Å². The molecule has 23 heavy (non-hydrogen) atoms. The molecule has 1 aromatic rings. The molecule has 0 saturated heterocycles. The zero-order valence-electron chi connectivity index (χ0n) is 13.2. The molecule has 1 aromatic carbocycles. The second-order valence-corrected chi connectivity index (χ2v) is 4.71. The molecule has 0 unspecified atom stereocenters. The molecule has 1 rings (SSSR count). The van der Waals surface area contributed by atoms with Crippen LogP contribution in [-0.4, -0.2) is 49.1 Å². The number of nitrogens with one attached hydrogen (secondary N) is 1. The lowest BCUT2D eigenvalue weighted by Gasteiger charge is -2.13. The second kappa shape index (κ2) is 9.58. The maximum Gasteiger partial charge on any atom is 0.330 e. The molecule has 0 spiro atoms. The molecule has 126 valence electrons. The van der Waals surface area contributed by atoms with Crippen molar-refractivity contribution >= 4 is 17.7 Å². The molecule has 1 atom stereocenters. The minimum Gasteiger partial charge on any atom is -0.494 e. The molecule has 0 aliphatic carbocycles. The van der Waals surface area contributed by atoms with Crippen molar-refractivity contribution in [2.24, 2.45) is 0 Å². The Kier molecular flexibility index (Phi) is 7.76. The summed E-state index contributed by atoms with van der Waals surface area (Å²) in [6.07, 6.45) is -0.0846. The topological polar surface area (TPSA) is 102 Å². The zero-order chi connectivity index (χ0) is 17.2. The summed E-state index contributed by atoms with van der Waals surface area (Å²) >= 11 is 0. The number of aliphatic hydroxyl groups excluding tert-OH is 1. The molecule has 0 saturated carbocycles. The maximum absolute atomic E-state index is 12.0. The highest BCUT2D eigenvalue weighted by Crippen LogP contribution is 2.14. The highest BCUT2D eigenvalue weighted by atomic mass is 16.5. The van der Waals surface area contributed by atoms with Crippen molar-refractivity contribution in [1.82, 2.24) is 5.32 Å². The molecule has 0 aliphatic rings. The van der Waals surface area contributed by atoms with Gasteiger partial charge in [0.05, 0.1) is 20.3 Å². The standard InChI is InChI=1S/C16H21NO6/c1-3-23-12-6-4-11(5-7-12)14(19)8-9-15(20)17-13(10-18)16(21)22-2/h4-7,13,18H,3,8-10H2,1-2H3,(H,17,20)/t13-/m0/s1. The third-order valence-electron chi connectivity index (χ3n) is 3.07. The average Bonchev–Trinajstić information content (AvgIpc) is 2.57. The van der Waals surface area contributed by atoms with Crippen molar-refractivity contribution < 1.29 is 29.0 Å². The largest absolute Gasteiger partial charge is 0.494 e. The first-order valence-electron chi connectivity index (χ1n) is 7.25. The van der Waals surface area contributed by atoms with E-state index in [0.717, 1.165) is 7.11 Å². The summed E-state index contributed by atoms with van der Waals surface area (Å²) in [7, 11) is 1.16. The summed E-state index contributed by atoms with van der Waals surface area (Å²) in [5.74, 6) is -0.764.